The van der Waals surface area contributed by atoms with Crippen molar-refractivity contribution in [2.75, 3.05) is 11.9 Å². The summed E-state index contributed by atoms with van der Waals surface area (Å²) in [7, 11) is 0. The van der Waals surface area contributed by atoms with Crippen LogP contribution in [0, 0.1) is 32.1 Å². The Bertz CT molecular complexity index is 885. The number of rotatable bonds is 7. The van der Waals surface area contributed by atoms with Gasteiger partial charge in [-0.2, -0.15) is 5.26 Å². The fraction of sp³-hybridized carbons (Fsp3) is 0.286. The molecule has 0 spiro atoms. The van der Waals surface area contributed by atoms with Crippen LogP contribution in [0.1, 0.15) is 28.7 Å². The number of amides is 2. The number of carbonyl (C=O) groups is 2. The molecular formula is C21H23N3O3. The van der Waals surface area contributed by atoms with Crippen molar-refractivity contribution >= 4 is 17.5 Å². The molecule has 2 amide bonds. The monoisotopic (exact) mass is 365 g/mol. The van der Waals surface area contributed by atoms with E-state index in [9.17, 15) is 9.59 Å². The summed E-state index contributed by atoms with van der Waals surface area (Å²) in [6.45, 7) is 6.07. The second kappa shape index (κ2) is 9.39. The van der Waals surface area contributed by atoms with Gasteiger partial charge in [0.25, 0.3) is 5.91 Å². The van der Waals surface area contributed by atoms with E-state index in [1.54, 1.807) is 24.3 Å². The molecule has 0 bridgehead atoms. The smallest absolute Gasteiger partial charge is 0.258 e. The Kier molecular flexibility index (Phi) is 6.95. The molecule has 2 rings (SSSR count). The van der Waals surface area contributed by atoms with Crippen LogP contribution < -0.4 is 15.4 Å². The van der Waals surface area contributed by atoms with Gasteiger partial charge in [-0.05, 0) is 49.1 Å². The number of aryl methyl sites for hydroxylation is 2. The van der Waals surface area contributed by atoms with Gasteiger partial charge in [0.1, 0.15) is 12.2 Å². The number of anilines is 1. The van der Waals surface area contributed by atoms with Crippen LogP contribution in [0.3, 0.4) is 0 Å². The Labute approximate surface area is 159 Å². The third-order valence-corrected chi connectivity index (χ3v) is 4.23. The van der Waals surface area contributed by atoms with Crippen LogP contribution in [0.4, 0.5) is 5.69 Å². The van der Waals surface area contributed by atoms with E-state index in [-0.39, 0.29) is 31.4 Å². The molecule has 2 aromatic carbocycles. The number of para-hydroxylation sites is 1. The topological polar surface area (TPSA) is 91.2 Å². The van der Waals surface area contributed by atoms with Gasteiger partial charge in [0.15, 0.2) is 6.61 Å². The lowest BCUT2D eigenvalue weighted by atomic mass is 10.1. The molecule has 140 valence electrons. The molecule has 0 radical (unpaired) electrons. The predicted molar refractivity (Wildman–Crippen MR) is 103 cm³/mol. The number of nitrogens with one attached hydrogen (secondary N) is 2. The van der Waals surface area contributed by atoms with Crippen LogP contribution >= 0.6 is 0 Å². The Morgan fingerprint density at radius 3 is 2.48 bits per heavy atom. The van der Waals surface area contributed by atoms with Gasteiger partial charge in [-0.15, -0.1) is 0 Å². The average Bonchev–Trinajstić information content (AvgIpc) is 2.64. The lowest BCUT2D eigenvalue weighted by molar-refractivity contribution is -0.123. The molecule has 0 saturated carbocycles. The van der Waals surface area contributed by atoms with Crippen LogP contribution in [0.15, 0.2) is 36.4 Å². The van der Waals surface area contributed by atoms with Crippen LogP contribution in [0.25, 0.3) is 0 Å². The maximum absolute atomic E-state index is 12.2. The van der Waals surface area contributed by atoms with Gasteiger partial charge in [0, 0.05) is 12.2 Å². The molecule has 0 atom stereocenters. The molecule has 6 heteroatoms. The van der Waals surface area contributed by atoms with Crippen molar-refractivity contribution in [2.24, 2.45) is 0 Å². The van der Waals surface area contributed by atoms with Crippen LogP contribution in [-0.2, 0) is 16.1 Å². The number of hydrogen-bond donors (Lipinski definition) is 2. The van der Waals surface area contributed by atoms with Gasteiger partial charge in [0.2, 0.25) is 5.91 Å². The summed E-state index contributed by atoms with van der Waals surface area (Å²) in [6, 6.07) is 12.9. The number of nitriles is 1. The van der Waals surface area contributed by atoms with Crippen molar-refractivity contribution in [3.63, 3.8) is 0 Å². The quantitative estimate of drug-likeness (QED) is 0.788. The van der Waals surface area contributed by atoms with Crippen molar-refractivity contribution in [3.05, 3.63) is 58.7 Å². The summed E-state index contributed by atoms with van der Waals surface area (Å²) in [6.07, 6.45) is -0.219. The van der Waals surface area contributed by atoms with Gasteiger partial charge >= 0.3 is 0 Å². The van der Waals surface area contributed by atoms with Crippen molar-refractivity contribution in [3.8, 4) is 11.8 Å². The lowest BCUT2D eigenvalue weighted by Crippen LogP contribution is -2.29. The molecule has 0 aliphatic heterocycles. The molecule has 0 fully saturated rings. The maximum atomic E-state index is 12.2. The number of benzene rings is 2. The van der Waals surface area contributed by atoms with E-state index < -0.39 is 0 Å². The SMILES string of the molecule is Cc1ccc(C)c(OCC(=O)NCc2ccccc2NC(=O)CC#N)c1C. The van der Waals surface area contributed by atoms with Crippen molar-refractivity contribution in [1.29, 1.82) is 5.26 Å². The molecule has 0 aromatic heterocycles. The summed E-state index contributed by atoms with van der Waals surface area (Å²) in [5.41, 5.74) is 4.44. The van der Waals surface area contributed by atoms with E-state index in [1.807, 2.05) is 39.0 Å². The molecule has 0 unspecified atom stereocenters. The Morgan fingerprint density at radius 2 is 1.74 bits per heavy atom. The van der Waals surface area contributed by atoms with Crippen LogP contribution in [0.2, 0.25) is 0 Å². The molecule has 0 aliphatic carbocycles. The van der Waals surface area contributed by atoms with Crippen molar-refractivity contribution in [2.45, 2.75) is 33.7 Å². The summed E-state index contributed by atoms with van der Waals surface area (Å²) in [5.74, 6) is 0.0905. The first-order valence-electron chi connectivity index (χ1n) is 8.63. The minimum absolute atomic E-state index is 0.0892. The molecular weight excluding hydrogens is 342 g/mol. The van der Waals surface area contributed by atoms with E-state index >= 15 is 0 Å². The van der Waals surface area contributed by atoms with Crippen molar-refractivity contribution < 1.29 is 14.3 Å². The minimum Gasteiger partial charge on any atom is -0.483 e. The highest BCUT2D eigenvalue weighted by atomic mass is 16.5. The third kappa shape index (κ3) is 5.58. The zero-order chi connectivity index (χ0) is 19.8. The fourth-order valence-electron chi connectivity index (χ4n) is 2.59. The summed E-state index contributed by atoms with van der Waals surface area (Å²) in [5, 5.41) is 14.0. The number of nitrogens with zero attached hydrogens (tertiary/aromatic N) is 1. The number of hydrogen-bond acceptors (Lipinski definition) is 4. The van der Waals surface area contributed by atoms with Crippen LogP contribution in [-0.4, -0.2) is 18.4 Å². The van der Waals surface area contributed by atoms with Crippen molar-refractivity contribution in [1.82, 2.24) is 5.32 Å². The molecule has 0 heterocycles. The van der Waals surface area contributed by atoms with Gasteiger partial charge in [-0.3, -0.25) is 9.59 Å². The maximum Gasteiger partial charge on any atom is 0.258 e. The van der Waals surface area contributed by atoms with E-state index in [0.717, 1.165) is 28.0 Å². The van der Waals surface area contributed by atoms with Gasteiger partial charge in [0.05, 0.1) is 6.07 Å². The molecule has 0 saturated heterocycles. The summed E-state index contributed by atoms with van der Waals surface area (Å²) in [4.78, 5) is 23.8. The molecule has 6 nitrogen and oxygen atoms in total. The number of carbonyl (C=O) groups excluding carboxylic acids is 2. The normalized spacial score (nSPS) is 10.0. The highest BCUT2D eigenvalue weighted by Crippen LogP contribution is 2.25. The average molecular weight is 365 g/mol. The minimum atomic E-state index is -0.384. The van der Waals surface area contributed by atoms with Gasteiger partial charge in [-0.25, -0.2) is 0 Å². The van der Waals surface area contributed by atoms with E-state index in [4.69, 9.17) is 10.00 Å². The Balaban J connectivity index is 1.94. The van der Waals surface area contributed by atoms with Gasteiger partial charge in [-0.1, -0.05) is 30.3 Å². The zero-order valence-corrected chi connectivity index (χ0v) is 15.8. The predicted octanol–water partition coefficient (Wildman–Crippen LogP) is 3.16. The molecule has 2 aromatic rings. The highest BCUT2D eigenvalue weighted by Gasteiger charge is 2.11. The second-order valence-corrected chi connectivity index (χ2v) is 6.26. The summed E-state index contributed by atoms with van der Waals surface area (Å²) >= 11 is 0. The highest BCUT2D eigenvalue weighted by molar-refractivity contribution is 5.92. The Morgan fingerprint density at radius 1 is 1.04 bits per heavy atom. The first-order valence-corrected chi connectivity index (χ1v) is 8.63. The van der Waals surface area contributed by atoms with E-state index in [0.29, 0.717) is 5.69 Å². The molecule has 27 heavy (non-hydrogen) atoms. The standard InChI is InChI=1S/C21H23N3O3/c1-14-8-9-15(2)21(16(14)3)27-13-20(26)23-12-17-6-4-5-7-18(17)24-19(25)10-11-22/h4-9H,10,12-13H2,1-3H3,(H,23,26)(H,24,25). The molecule has 0 aliphatic rings. The van der Waals surface area contributed by atoms with Crippen LogP contribution in [0.5, 0.6) is 5.75 Å². The fourth-order valence-corrected chi connectivity index (χ4v) is 2.59. The van der Waals surface area contributed by atoms with E-state index in [2.05, 4.69) is 10.6 Å². The second-order valence-electron chi connectivity index (χ2n) is 6.26. The first-order chi connectivity index (χ1) is 12.9. The van der Waals surface area contributed by atoms with Gasteiger partial charge < -0.3 is 15.4 Å². The molecule has 2 N–H and O–H groups in total. The first kappa shape index (κ1) is 20.0. The lowest BCUT2D eigenvalue weighted by Gasteiger charge is -2.14. The Hall–Kier alpha value is -3.33. The summed E-state index contributed by atoms with van der Waals surface area (Å²) < 4.78 is 5.71. The van der Waals surface area contributed by atoms with E-state index in [1.165, 1.54) is 0 Å². The number of ether oxygens (including phenoxy) is 1. The largest absolute Gasteiger partial charge is 0.483 e. The zero-order valence-electron chi connectivity index (χ0n) is 15.8. The third-order valence-electron chi connectivity index (χ3n) is 4.23.